The van der Waals surface area contributed by atoms with Gasteiger partial charge in [-0.25, -0.2) is 4.98 Å². The van der Waals surface area contributed by atoms with Crippen LogP contribution in [-0.2, 0) is 17.8 Å². The molecule has 6 heteroatoms. The first kappa shape index (κ1) is 18.9. The fourth-order valence-electron chi connectivity index (χ4n) is 3.58. The summed E-state index contributed by atoms with van der Waals surface area (Å²) in [6, 6.07) is 14.7. The largest absolute Gasteiger partial charge is 0.440 e. The standard InChI is InChI=1S/C22H25N3O2S/c1-16-19(24-22(27-16)20-10-6-12-28-20)13-21(26)25-11-5-9-18(15-25)23-14-17-7-3-2-4-8-17/h2-4,6-8,10,12,18,23H,5,9,11,13-15H2,1H3/t18-/m1/s1. The van der Waals surface area contributed by atoms with E-state index < -0.39 is 0 Å². The number of hydrogen-bond donors (Lipinski definition) is 1. The van der Waals surface area contributed by atoms with E-state index in [0.717, 1.165) is 48.8 Å². The van der Waals surface area contributed by atoms with Crippen molar-refractivity contribution in [3.63, 3.8) is 0 Å². The van der Waals surface area contributed by atoms with E-state index in [4.69, 9.17) is 4.42 Å². The number of hydrogen-bond acceptors (Lipinski definition) is 5. The minimum Gasteiger partial charge on any atom is -0.440 e. The Morgan fingerprint density at radius 3 is 2.93 bits per heavy atom. The molecular formula is C22H25N3O2S. The minimum absolute atomic E-state index is 0.125. The van der Waals surface area contributed by atoms with E-state index in [9.17, 15) is 4.79 Å². The first-order valence-electron chi connectivity index (χ1n) is 9.74. The summed E-state index contributed by atoms with van der Waals surface area (Å²) < 4.78 is 5.77. The van der Waals surface area contributed by atoms with Crippen molar-refractivity contribution in [3.8, 4) is 10.8 Å². The molecule has 146 valence electrons. The molecule has 4 rings (SSSR count). The molecule has 1 aromatic carbocycles. The van der Waals surface area contributed by atoms with Crippen LogP contribution >= 0.6 is 11.3 Å². The van der Waals surface area contributed by atoms with Crippen LogP contribution in [0.15, 0.2) is 52.3 Å². The predicted molar refractivity (Wildman–Crippen MR) is 111 cm³/mol. The normalized spacial score (nSPS) is 17.0. The molecule has 0 saturated carbocycles. The van der Waals surface area contributed by atoms with Gasteiger partial charge in [0.15, 0.2) is 0 Å². The lowest BCUT2D eigenvalue weighted by molar-refractivity contribution is -0.131. The number of rotatable bonds is 6. The SMILES string of the molecule is Cc1oc(-c2cccs2)nc1CC(=O)N1CCC[C@@H](NCc2ccccc2)C1. The number of carbonyl (C=O) groups is 1. The molecule has 3 heterocycles. The molecule has 1 amide bonds. The van der Waals surface area contributed by atoms with Crippen LogP contribution in [-0.4, -0.2) is 34.9 Å². The average molecular weight is 396 g/mol. The van der Waals surface area contributed by atoms with Crippen LogP contribution in [0.2, 0.25) is 0 Å². The Bertz CT molecular complexity index is 905. The van der Waals surface area contributed by atoms with Crippen molar-refractivity contribution in [1.82, 2.24) is 15.2 Å². The third kappa shape index (κ3) is 4.51. The van der Waals surface area contributed by atoms with E-state index >= 15 is 0 Å². The summed E-state index contributed by atoms with van der Waals surface area (Å²) in [5, 5.41) is 5.59. The molecule has 28 heavy (non-hydrogen) atoms. The van der Waals surface area contributed by atoms with Gasteiger partial charge in [0.05, 0.1) is 17.0 Å². The highest BCUT2D eigenvalue weighted by Crippen LogP contribution is 2.26. The van der Waals surface area contributed by atoms with Crippen molar-refractivity contribution in [2.45, 2.75) is 38.8 Å². The zero-order chi connectivity index (χ0) is 19.3. The van der Waals surface area contributed by atoms with Crippen molar-refractivity contribution >= 4 is 17.2 Å². The molecule has 1 aliphatic heterocycles. The molecule has 0 spiro atoms. The third-order valence-corrected chi connectivity index (χ3v) is 6.01. The van der Waals surface area contributed by atoms with Gasteiger partial charge in [-0.2, -0.15) is 0 Å². The maximum atomic E-state index is 12.9. The predicted octanol–water partition coefficient (Wildman–Crippen LogP) is 4.03. The topological polar surface area (TPSA) is 58.4 Å². The maximum absolute atomic E-state index is 12.9. The first-order chi connectivity index (χ1) is 13.7. The number of piperidine rings is 1. The van der Waals surface area contributed by atoms with E-state index in [1.165, 1.54) is 5.56 Å². The summed E-state index contributed by atoms with van der Waals surface area (Å²) in [5.74, 6) is 1.46. The van der Waals surface area contributed by atoms with Crippen LogP contribution in [0, 0.1) is 6.92 Å². The van der Waals surface area contributed by atoms with Crippen LogP contribution in [0.1, 0.15) is 29.9 Å². The number of carbonyl (C=O) groups excluding carboxylic acids is 1. The molecular weight excluding hydrogens is 370 g/mol. The van der Waals surface area contributed by atoms with Gasteiger partial charge in [-0.15, -0.1) is 11.3 Å². The summed E-state index contributed by atoms with van der Waals surface area (Å²) in [6.45, 7) is 4.28. The molecule has 0 bridgehead atoms. The van der Waals surface area contributed by atoms with E-state index in [1.807, 2.05) is 35.4 Å². The van der Waals surface area contributed by atoms with Gasteiger partial charge in [-0.1, -0.05) is 36.4 Å². The summed E-state index contributed by atoms with van der Waals surface area (Å²) >= 11 is 1.59. The zero-order valence-corrected chi connectivity index (χ0v) is 16.9. The fourth-order valence-corrected chi connectivity index (χ4v) is 4.23. The molecule has 1 fully saturated rings. The second-order valence-corrected chi connectivity index (χ2v) is 8.17. The van der Waals surface area contributed by atoms with Crippen molar-refractivity contribution in [1.29, 1.82) is 0 Å². The monoisotopic (exact) mass is 395 g/mol. The van der Waals surface area contributed by atoms with E-state index in [2.05, 4.69) is 34.6 Å². The summed E-state index contributed by atoms with van der Waals surface area (Å²) in [5.41, 5.74) is 2.01. The Balaban J connectivity index is 1.34. The first-order valence-corrected chi connectivity index (χ1v) is 10.6. The molecule has 1 saturated heterocycles. The molecule has 0 unspecified atom stereocenters. The number of oxazole rings is 1. The zero-order valence-electron chi connectivity index (χ0n) is 16.1. The summed E-state index contributed by atoms with van der Waals surface area (Å²) in [7, 11) is 0. The quantitative estimate of drug-likeness (QED) is 0.684. The molecule has 2 aromatic heterocycles. The lowest BCUT2D eigenvalue weighted by Crippen LogP contribution is -2.48. The molecule has 0 radical (unpaired) electrons. The van der Waals surface area contributed by atoms with Crippen LogP contribution in [0.25, 0.3) is 10.8 Å². The highest BCUT2D eigenvalue weighted by Gasteiger charge is 2.25. The Morgan fingerprint density at radius 1 is 1.29 bits per heavy atom. The lowest BCUT2D eigenvalue weighted by Gasteiger charge is -2.33. The Hall–Kier alpha value is -2.44. The van der Waals surface area contributed by atoms with E-state index in [1.54, 1.807) is 11.3 Å². The Morgan fingerprint density at radius 2 is 2.14 bits per heavy atom. The van der Waals surface area contributed by atoms with Gasteiger partial charge < -0.3 is 14.6 Å². The number of benzene rings is 1. The average Bonchev–Trinajstić information content (AvgIpc) is 3.38. The van der Waals surface area contributed by atoms with Gasteiger partial charge in [0.25, 0.3) is 0 Å². The van der Waals surface area contributed by atoms with Gasteiger partial charge in [0.2, 0.25) is 11.8 Å². The number of likely N-dealkylation sites (tertiary alicyclic amines) is 1. The summed E-state index contributed by atoms with van der Waals surface area (Å²) in [6.07, 6.45) is 2.42. The summed E-state index contributed by atoms with van der Waals surface area (Å²) in [4.78, 5) is 20.4. The molecule has 3 aromatic rings. The van der Waals surface area contributed by atoms with Crippen molar-refractivity contribution in [2.24, 2.45) is 0 Å². The second-order valence-electron chi connectivity index (χ2n) is 7.22. The number of nitrogens with one attached hydrogen (secondary N) is 1. The number of aromatic nitrogens is 1. The minimum atomic E-state index is 0.125. The van der Waals surface area contributed by atoms with Crippen LogP contribution < -0.4 is 5.32 Å². The molecule has 0 aliphatic carbocycles. The third-order valence-electron chi connectivity index (χ3n) is 5.16. The van der Waals surface area contributed by atoms with Crippen molar-refractivity contribution in [2.75, 3.05) is 13.1 Å². The van der Waals surface area contributed by atoms with Gasteiger partial charge in [-0.05, 0) is 36.8 Å². The fraction of sp³-hybridized carbons (Fsp3) is 0.364. The van der Waals surface area contributed by atoms with Crippen LogP contribution in [0.4, 0.5) is 0 Å². The molecule has 5 nitrogen and oxygen atoms in total. The smallest absolute Gasteiger partial charge is 0.236 e. The lowest BCUT2D eigenvalue weighted by atomic mass is 10.0. The van der Waals surface area contributed by atoms with Crippen LogP contribution in [0.3, 0.4) is 0 Å². The van der Waals surface area contributed by atoms with Gasteiger partial charge >= 0.3 is 0 Å². The Labute approximate surface area is 169 Å². The number of thiophene rings is 1. The maximum Gasteiger partial charge on any atom is 0.236 e. The molecule has 1 aliphatic rings. The van der Waals surface area contributed by atoms with E-state index in [-0.39, 0.29) is 5.91 Å². The second kappa shape index (κ2) is 8.71. The van der Waals surface area contributed by atoms with Gasteiger partial charge in [0, 0.05) is 25.7 Å². The highest BCUT2D eigenvalue weighted by atomic mass is 32.1. The number of amides is 1. The van der Waals surface area contributed by atoms with Crippen molar-refractivity contribution < 1.29 is 9.21 Å². The Kier molecular flexibility index (Phi) is 5.88. The van der Waals surface area contributed by atoms with Gasteiger partial charge in [0.1, 0.15) is 5.76 Å². The molecule has 1 atom stereocenters. The highest BCUT2D eigenvalue weighted by molar-refractivity contribution is 7.13. The molecule has 1 N–H and O–H groups in total. The van der Waals surface area contributed by atoms with Crippen LogP contribution in [0.5, 0.6) is 0 Å². The van der Waals surface area contributed by atoms with Gasteiger partial charge in [-0.3, -0.25) is 4.79 Å². The van der Waals surface area contributed by atoms with Crippen molar-refractivity contribution in [3.05, 3.63) is 64.9 Å². The number of nitrogens with zero attached hydrogens (tertiary/aromatic N) is 2. The number of aryl methyl sites for hydroxylation is 1. The van der Waals surface area contributed by atoms with E-state index in [0.29, 0.717) is 18.4 Å².